The van der Waals surface area contributed by atoms with Crippen molar-refractivity contribution in [2.75, 3.05) is 18.0 Å². The number of aromatic nitrogens is 5. The Hall–Kier alpha value is -3.03. The molecule has 0 bridgehead atoms. The number of hydrogen-bond acceptors (Lipinski definition) is 7. The zero-order valence-corrected chi connectivity index (χ0v) is 16.3. The lowest BCUT2D eigenvalue weighted by Crippen LogP contribution is -2.34. The molecule has 0 saturated carbocycles. The third kappa shape index (κ3) is 3.81. The Morgan fingerprint density at radius 2 is 2.00 bits per heavy atom. The van der Waals surface area contributed by atoms with Gasteiger partial charge in [0, 0.05) is 42.8 Å². The standard InChI is InChI=1S/C20H24N6O2/c1-12(2)19-23-16(11-18(27)24-19)14-5-8-26(9-6-14)17-10-15(4-7-21-17)20-22-13(3)25-28-20/h4,7,10-12,14H,5-6,8-9H2,1-3H3,(H,23,24,27). The lowest BCUT2D eigenvalue weighted by molar-refractivity contribution is 0.425. The summed E-state index contributed by atoms with van der Waals surface area (Å²) in [5.74, 6) is 3.26. The van der Waals surface area contributed by atoms with Crippen LogP contribution in [0.4, 0.5) is 5.82 Å². The number of nitrogens with one attached hydrogen (secondary N) is 1. The molecular weight excluding hydrogens is 356 g/mol. The summed E-state index contributed by atoms with van der Waals surface area (Å²) in [6.07, 6.45) is 3.63. The summed E-state index contributed by atoms with van der Waals surface area (Å²) in [7, 11) is 0. The normalized spacial score (nSPS) is 15.4. The summed E-state index contributed by atoms with van der Waals surface area (Å²) in [4.78, 5) is 30.6. The topological polar surface area (TPSA) is 101 Å². The molecule has 1 aliphatic rings. The van der Waals surface area contributed by atoms with E-state index >= 15 is 0 Å². The summed E-state index contributed by atoms with van der Waals surface area (Å²) in [5, 5.41) is 3.85. The van der Waals surface area contributed by atoms with Crippen LogP contribution < -0.4 is 10.5 Å². The van der Waals surface area contributed by atoms with Gasteiger partial charge in [-0.3, -0.25) is 4.79 Å². The van der Waals surface area contributed by atoms with Crippen molar-refractivity contribution in [2.24, 2.45) is 0 Å². The van der Waals surface area contributed by atoms with Gasteiger partial charge < -0.3 is 14.4 Å². The highest BCUT2D eigenvalue weighted by Gasteiger charge is 2.24. The molecule has 3 aromatic heterocycles. The van der Waals surface area contributed by atoms with Crippen LogP contribution in [0.15, 0.2) is 33.7 Å². The molecule has 4 heterocycles. The molecule has 3 aromatic rings. The van der Waals surface area contributed by atoms with Gasteiger partial charge in [-0.05, 0) is 31.9 Å². The first-order valence-corrected chi connectivity index (χ1v) is 9.62. The van der Waals surface area contributed by atoms with Crippen molar-refractivity contribution in [3.63, 3.8) is 0 Å². The highest BCUT2D eigenvalue weighted by molar-refractivity contribution is 5.58. The second kappa shape index (κ2) is 7.53. The van der Waals surface area contributed by atoms with Crippen molar-refractivity contribution in [1.82, 2.24) is 25.1 Å². The van der Waals surface area contributed by atoms with E-state index in [9.17, 15) is 4.79 Å². The molecule has 8 heteroatoms. The Labute approximate surface area is 163 Å². The highest BCUT2D eigenvalue weighted by Crippen LogP contribution is 2.30. The van der Waals surface area contributed by atoms with Crippen LogP contribution in [0.1, 0.15) is 55.9 Å². The smallest absolute Gasteiger partial charge is 0.258 e. The molecule has 0 unspecified atom stereocenters. The number of aryl methyl sites for hydroxylation is 1. The molecule has 1 fully saturated rings. The highest BCUT2D eigenvalue weighted by atomic mass is 16.5. The molecule has 0 spiro atoms. The van der Waals surface area contributed by atoms with Crippen molar-refractivity contribution in [2.45, 2.75) is 45.4 Å². The lowest BCUT2D eigenvalue weighted by Gasteiger charge is -2.32. The van der Waals surface area contributed by atoms with Crippen LogP contribution in [0, 0.1) is 6.92 Å². The van der Waals surface area contributed by atoms with E-state index < -0.39 is 0 Å². The van der Waals surface area contributed by atoms with Gasteiger partial charge in [0.05, 0.1) is 5.69 Å². The van der Waals surface area contributed by atoms with E-state index in [2.05, 4.69) is 25.0 Å². The molecule has 146 valence electrons. The summed E-state index contributed by atoms with van der Waals surface area (Å²) in [5.41, 5.74) is 1.70. The largest absolute Gasteiger partial charge is 0.357 e. The molecule has 0 aromatic carbocycles. The number of anilines is 1. The molecular formula is C20H24N6O2. The first kappa shape index (κ1) is 18.3. The van der Waals surface area contributed by atoms with Crippen molar-refractivity contribution >= 4 is 5.82 Å². The third-order valence-corrected chi connectivity index (χ3v) is 5.08. The fourth-order valence-electron chi connectivity index (χ4n) is 3.52. The van der Waals surface area contributed by atoms with E-state index in [1.165, 1.54) is 0 Å². The van der Waals surface area contributed by atoms with Crippen molar-refractivity contribution in [1.29, 1.82) is 0 Å². The molecule has 0 atom stereocenters. The van der Waals surface area contributed by atoms with E-state index in [1.807, 2.05) is 26.0 Å². The number of aromatic amines is 1. The molecule has 0 aliphatic carbocycles. The van der Waals surface area contributed by atoms with Gasteiger partial charge in [-0.2, -0.15) is 4.98 Å². The number of nitrogens with zero attached hydrogens (tertiary/aromatic N) is 5. The number of pyridine rings is 1. The Bertz CT molecular complexity index is 1020. The average Bonchev–Trinajstić information content (AvgIpc) is 3.14. The minimum Gasteiger partial charge on any atom is -0.357 e. The zero-order valence-electron chi connectivity index (χ0n) is 16.3. The van der Waals surface area contributed by atoms with Crippen molar-refractivity contribution in [3.05, 3.63) is 52.1 Å². The Kier molecular flexibility index (Phi) is 4.93. The van der Waals surface area contributed by atoms with Crippen molar-refractivity contribution < 1.29 is 4.52 Å². The predicted molar refractivity (Wildman–Crippen MR) is 105 cm³/mol. The fraction of sp³-hybridized carbons (Fsp3) is 0.450. The van der Waals surface area contributed by atoms with Gasteiger partial charge in [-0.25, -0.2) is 9.97 Å². The average molecular weight is 380 g/mol. The van der Waals surface area contributed by atoms with E-state index in [0.29, 0.717) is 11.7 Å². The Morgan fingerprint density at radius 1 is 1.21 bits per heavy atom. The fourth-order valence-corrected chi connectivity index (χ4v) is 3.52. The molecule has 1 N–H and O–H groups in total. The lowest BCUT2D eigenvalue weighted by atomic mass is 9.93. The van der Waals surface area contributed by atoms with Crippen LogP contribution >= 0.6 is 0 Å². The van der Waals surface area contributed by atoms with Crippen LogP contribution in [0.2, 0.25) is 0 Å². The van der Waals surface area contributed by atoms with Crippen LogP contribution in [-0.2, 0) is 0 Å². The van der Waals surface area contributed by atoms with Gasteiger partial charge in [0.2, 0.25) is 0 Å². The van der Waals surface area contributed by atoms with Gasteiger partial charge >= 0.3 is 0 Å². The van der Waals surface area contributed by atoms with Crippen LogP contribution in [-0.4, -0.2) is 38.2 Å². The van der Waals surface area contributed by atoms with Gasteiger partial charge in [0.25, 0.3) is 11.4 Å². The maximum Gasteiger partial charge on any atom is 0.258 e. The summed E-state index contributed by atoms with van der Waals surface area (Å²) >= 11 is 0. The first-order valence-electron chi connectivity index (χ1n) is 9.62. The van der Waals surface area contributed by atoms with Crippen LogP contribution in [0.5, 0.6) is 0 Å². The van der Waals surface area contributed by atoms with Crippen LogP contribution in [0.3, 0.4) is 0 Å². The molecule has 1 aliphatic heterocycles. The van der Waals surface area contributed by atoms with Crippen molar-refractivity contribution in [3.8, 4) is 11.5 Å². The predicted octanol–water partition coefficient (Wildman–Crippen LogP) is 3.03. The van der Waals surface area contributed by atoms with Crippen LogP contribution in [0.25, 0.3) is 11.5 Å². The molecule has 0 radical (unpaired) electrons. The number of piperidine rings is 1. The molecule has 28 heavy (non-hydrogen) atoms. The third-order valence-electron chi connectivity index (χ3n) is 5.08. The van der Waals surface area contributed by atoms with E-state index in [0.717, 1.165) is 48.8 Å². The monoisotopic (exact) mass is 380 g/mol. The second-order valence-corrected chi connectivity index (χ2v) is 7.52. The molecule has 8 nitrogen and oxygen atoms in total. The van der Waals surface area contributed by atoms with Gasteiger partial charge in [0.15, 0.2) is 5.82 Å². The minimum absolute atomic E-state index is 0.0691. The van der Waals surface area contributed by atoms with Gasteiger partial charge in [0.1, 0.15) is 11.6 Å². The SMILES string of the molecule is Cc1noc(-c2ccnc(N3CCC(c4cc(=O)[nH]c(C(C)C)n4)CC3)c2)n1. The van der Waals surface area contributed by atoms with E-state index in [1.54, 1.807) is 19.2 Å². The molecule has 0 amide bonds. The quantitative estimate of drug-likeness (QED) is 0.742. The zero-order chi connectivity index (χ0) is 19.7. The molecule has 1 saturated heterocycles. The maximum atomic E-state index is 12.0. The molecule has 4 rings (SSSR count). The Morgan fingerprint density at radius 3 is 2.68 bits per heavy atom. The van der Waals surface area contributed by atoms with E-state index in [-0.39, 0.29) is 17.4 Å². The summed E-state index contributed by atoms with van der Waals surface area (Å²) in [6.45, 7) is 7.58. The van der Waals surface area contributed by atoms with Gasteiger partial charge in [-0.15, -0.1) is 0 Å². The van der Waals surface area contributed by atoms with Gasteiger partial charge in [-0.1, -0.05) is 19.0 Å². The Balaban J connectivity index is 1.48. The first-order chi connectivity index (χ1) is 13.5. The maximum absolute atomic E-state index is 12.0. The number of hydrogen-bond donors (Lipinski definition) is 1. The number of H-pyrrole nitrogens is 1. The van der Waals surface area contributed by atoms with E-state index in [4.69, 9.17) is 9.51 Å². The number of rotatable bonds is 4. The second-order valence-electron chi connectivity index (χ2n) is 7.52. The minimum atomic E-state index is -0.0691. The summed E-state index contributed by atoms with van der Waals surface area (Å²) < 4.78 is 5.26. The summed E-state index contributed by atoms with van der Waals surface area (Å²) in [6, 6.07) is 5.50.